The van der Waals surface area contributed by atoms with Gasteiger partial charge in [0.25, 0.3) is 0 Å². The molecular formula is C23H27N3O5. The zero-order valence-electron chi connectivity index (χ0n) is 18.1. The molecule has 0 unspecified atom stereocenters. The summed E-state index contributed by atoms with van der Waals surface area (Å²) in [5.74, 6) is 0.149. The second-order valence-corrected chi connectivity index (χ2v) is 7.81. The van der Waals surface area contributed by atoms with Gasteiger partial charge in [0, 0.05) is 43.5 Å². The fourth-order valence-electron chi connectivity index (χ4n) is 3.79. The number of amides is 1. The number of benzene rings is 2. The molecule has 0 N–H and O–H groups in total. The van der Waals surface area contributed by atoms with Gasteiger partial charge in [-0.25, -0.2) is 0 Å². The Kier molecular flexibility index (Phi) is 6.89. The maximum atomic E-state index is 12.6. The van der Waals surface area contributed by atoms with Gasteiger partial charge in [-0.2, -0.15) is 0 Å². The number of ether oxygens (including phenoxy) is 1. The first-order valence-corrected chi connectivity index (χ1v) is 10.3. The number of carbonyl (C=O) groups excluding carboxylic acids is 2. The summed E-state index contributed by atoms with van der Waals surface area (Å²) in [6, 6.07) is 8.70. The van der Waals surface area contributed by atoms with Crippen molar-refractivity contribution in [2.75, 3.05) is 37.7 Å². The monoisotopic (exact) mass is 425 g/mol. The summed E-state index contributed by atoms with van der Waals surface area (Å²) in [4.78, 5) is 38.4. The Morgan fingerprint density at radius 1 is 1.10 bits per heavy atom. The van der Waals surface area contributed by atoms with Crippen molar-refractivity contribution in [2.24, 2.45) is 0 Å². The van der Waals surface area contributed by atoms with Gasteiger partial charge in [-0.15, -0.1) is 0 Å². The van der Waals surface area contributed by atoms with Gasteiger partial charge >= 0.3 is 5.69 Å². The number of nitrogens with zero attached hydrogens (tertiary/aromatic N) is 3. The topological polar surface area (TPSA) is 93.0 Å². The lowest BCUT2D eigenvalue weighted by atomic mass is 10.0. The predicted octanol–water partition coefficient (Wildman–Crippen LogP) is 3.45. The first-order chi connectivity index (χ1) is 14.8. The summed E-state index contributed by atoms with van der Waals surface area (Å²) in [6.45, 7) is 8.38. The van der Waals surface area contributed by atoms with Crippen LogP contribution >= 0.6 is 0 Å². The van der Waals surface area contributed by atoms with E-state index in [2.05, 4.69) is 4.90 Å². The average Bonchev–Trinajstić information content (AvgIpc) is 2.76. The highest BCUT2D eigenvalue weighted by atomic mass is 16.6. The number of carbonyl (C=O) groups is 2. The van der Waals surface area contributed by atoms with Crippen LogP contribution in [0.3, 0.4) is 0 Å². The van der Waals surface area contributed by atoms with Gasteiger partial charge in [0.05, 0.1) is 18.0 Å². The maximum Gasteiger partial charge on any atom is 0.311 e. The van der Waals surface area contributed by atoms with Crippen molar-refractivity contribution in [3.8, 4) is 5.75 Å². The van der Waals surface area contributed by atoms with E-state index in [4.69, 9.17) is 4.74 Å². The van der Waals surface area contributed by atoms with E-state index < -0.39 is 4.92 Å². The van der Waals surface area contributed by atoms with Crippen molar-refractivity contribution in [1.82, 2.24) is 4.90 Å². The molecule has 2 aromatic rings. The van der Waals surface area contributed by atoms with E-state index in [1.165, 1.54) is 6.07 Å². The predicted molar refractivity (Wildman–Crippen MR) is 118 cm³/mol. The number of hydrogen-bond donors (Lipinski definition) is 0. The third-order valence-corrected chi connectivity index (χ3v) is 5.57. The van der Waals surface area contributed by atoms with Crippen molar-refractivity contribution < 1.29 is 19.2 Å². The van der Waals surface area contributed by atoms with Crippen LogP contribution in [0.15, 0.2) is 30.3 Å². The molecule has 0 aliphatic carbocycles. The van der Waals surface area contributed by atoms with Crippen LogP contribution in [0.5, 0.6) is 5.75 Å². The van der Waals surface area contributed by atoms with Gasteiger partial charge < -0.3 is 14.5 Å². The molecule has 0 saturated carbocycles. The minimum atomic E-state index is -0.477. The molecule has 0 aromatic heterocycles. The van der Waals surface area contributed by atoms with Gasteiger partial charge in [0.15, 0.2) is 5.75 Å². The van der Waals surface area contributed by atoms with Crippen molar-refractivity contribution >= 4 is 23.6 Å². The van der Waals surface area contributed by atoms with E-state index in [9.17, 15) is 19.7 Å². The van der Waals surface area contributed by atoms with Crippen LogP contribution in [0.2, 0.25) is 0 Å². The molecule has 164 valence electrons. The summed E-state index contributed by atoms with van der Waals surface area (Å²) in [5.41, 5.74) is 4.46. The number of aryl methyl sites for hydroxylation is 3. The van der Waals surface area contributed by atoms with Crippen LogP contribution in [0, 0.1) is 30.9 Å². The smallest absolute Gasteiger partial charge is 0.311 e. The molecule has 3 rings (SSSR count). The Balaban J connectivity index is 1.53. The second-order valence-electron chi connectivity index (χ2n) is 7.81. The Labute approximate surface area is 181 Å². The van der Waals surface area contributed by atoms with Crippen LogP contribution in [-0.4, -0.2) is 54.8 Å². The first kappa shape index (κ1) is 22.3. The normalized spacial score (nSPS) is 13.8. The standard InChI is InChI=1S/C23H27N3O5/c1-16-4-5-22(21(12-16)26(29)30)31-11-6-23(28)25-9-7-24(8-10-25)20-14-17(2)19(15-27)13-18(20)3/h4-5,12-15H,6-11H2,1-3H3. The number of anilines is 1. The van der Waals surface area contributed by atoms with Gasteiger partial charge in [0.2, 0.25) is 5.91 Å². The molecule has 0 radical (unpaired) electrons. The lowest BCUT2D eigenvalue weighted by Gasteiger charge is -2.37. The Morgan fingerprint density at radius 3 is 2.45 bits per heavy atom. The van der Waals surface area contributed by atoms with Crippen LogP contribution in [0.1, 0.15) is 33.5 Å². The van der Waals surface area contributed by atoms with E-state index in [0.29, 0.717) is 31.7 Å². The number of aldehydes is 1. The fourth-order valence-corrected chi connectivity index (χ4v) is 3.79. The molecule has 1 aliphatic rings. The number of rotatable bonds is 7. The molecule has 31 heavy (non-hydrogen) atoms. The van der Waals surface area contributed by atoms with Gasteiger partial charge in [-0.05, 0) is 55.7 Å². The number of nitro benzene ring substituents is 1. The Morgan fingerprint density at radius 2 is 1.81 bits per heavy atom. The van der Waals surface area contributed by atoms with E-state index in [-0.39, 0.29) is 30.4 Å². The van der Waals surface area contributed by atoms with Crippen molar-refractivity contribution in [3.63, 3.8) is 0 Å². The third kappa shape index (κ3) is 5.20. The van der Waals surface area contributed by atoms with Crippen LogP contribution < -0.4 is 9.64 Å². The van der Waals surface area contributed by atoms with Crippen molar-refractivity contribution in [1.29, 1.82) is 0 Å². The van der Waals surface area contributed by atoms with Crippen molar-refractivity contribution in [2.45, 2.75) is 27.2 Å². The average molecular weight is 425 g/mol. The van der Waals surface area contributed by atoms with Crippen LogP contribution in [0.4, 0.5) is 11.4 Å². The highest BCUT2D eigenvalue weighted by Gasteiger charge is 2.23. The van der Waals surface area contributed by atoms with Crippen LogP contribution in [-0.2, 0) is 4.79 Å². The van der Waals surface area contributed by atoms with Gasteiger partial charge in [0.1, 0.15) is 6.29 Å². The molecule has 1 heterocycles. The SMILES string of the molecule is Cc1ccc(OCCC(=O)N2CCN(c3cc(C)c(C=O)cc3C)CC2)c([N+](=O)[O-])c1. The van der Waals surface area contributed by atoms with Crippen molar-refractivity contribution in [3.05, 3.63) is 62.7 Å². The van der Waals surface area contributed by atoms with Gasteiger partial charge in [-0.1, -0.05) is 6.07 Å². The molecule has 1 saturated heterocycles. The molecule has 8 nitrogen and oxygen atoms in total. The van der Waals surface area contributed by atoms with Crippen LogP contribution in [0.25, 0.3) is 0 Å². The van der Waals surface area contributed by atoms with Gasteiger partial charge in [-0.3, -0.25) is 19.7 Å². The molecular weight excluding hydrogens is 398 g/mol. The second kappa shape index (κ2) is 9.59. The van der Waals surface area contributed by atoms with E-state index in [0.717, 1.165) is 28.7 Å². The highest BCUT2D eigenvalue weighted by Crippen LogP contribution is 2.28. The quantitative estimate of drug-likeness (QED) is 0.383. The number of hydrogen-bond acceptors (Lipinski definition) is 6. The molecule has 8 heteroatoms. The Bertz CT molecular complexity index is 997. The Hall–Kier alpha value is -3.42. The molecule has 0 atom stereocenters. The summed E-state index contributed by atoms with van der Waals surface area (Å²) in [5, 5.41) is 11.2. The molecule has 1 amide bonds. The fraction of sp³-hybridized carbons (Fsp3) is 0.391. The minimum absolute atomic E-state index is 0.0291. The lowest BCUT2D eigenvalue weighted by Crippen LogP contribution is -2.49. The maximum absolute atomic E-state index is 12.6. The number of piperazine rings is 1. The van der Waals surface area contributed by atoms with E-state index in [1.54, 1.807) is 24.0 Å². The molecule has 1 fully saturated rings. The third-order valence-electron chi connectivity index (χ3n) is 5.57. The lowest BCUT2D eigenvalue weighted by molar-refractivity contribution is -0.385. The first-order valence-electron chi connectivity index (χ1n) is 10.3. The highest BCUT2D eigenvalue weighted by molar-refractivity contribution is 5.80. The zero-order valence-corrected chi connectivity index (χ0v) is 18.1. The summed E-state index contributed by atoms with van der Waals surface area (Å²) >= 11 is 0. The molecule has 0 bridgehead atoms. The largest absolute Gasteiger partial charge is 0.486 e. The zero-order chi connectivity index (χ0) is 22.5. The van der Waals surface area contributed by atoms with E-state index in [1.807, 2.05) is 26.0 Å². The molecule has 2 aromatic carbocycles. The molecule has 1 aliphatic heterocycles. The number of nitro groups is 1. The summed E-state index contributed by atoms with van der Waals surface area (Å²) < 4.78 is 5.53. The van der Waals surface area contributed by atoms with E-state index >= 15 is 0 Å². The summed E-state index contributed by atoms with van der Waals surface area (Å²) in [6.07, 6.45) is 1.03. The molecule has 0 spiro atoms. The minimum Gasteiger partial charge on any atom is -0.486 e. The summed E-state index contributed by atoms with van der Waals surface area (Å²) in [7, 11) is 0.